The maximum atomic E-state index is 13.3. The van der Waals surface area contributed by atoms with Gasteiger partial charge in [-0.3, -0.25) is 9.59 Å². The van der Waals surface area contributed by atoms with Gasteiger partial charge >= 0.3 is 0 Å². The number of halogens is 1. The molecule has 1 unspecified atom stereocenters. The number of anilines is 1. The van der Waals surface area contributed by atoms with Gasteiger partial charge in [-0.1, -0.05) is 60.7 Å². The summed E-state index contributed by atoms with van der Waals surface area (Å²) in [6.45, 7) is 5.62. The third kappa shape index (κ3) is 6.99. The number of amides is 2. The summed E-state index contributed by atoms with van der Waals surface area (Å²) in [6.07, 6.45) is 2.73. The number of hydrogen-bond acceptors (Lipinski definition) is 4. The van der Waals surface area contributed by atoms with Crippen LogP contribution < -0.4 is 9.62 Å². The quantitative estimate of drug-likeness (QED) is 0.304. The molecule has 0 heterocycles. The Kier molecular flexibility index (Phi) is 8.91. The maximum absolute atomic E-state index is 13.3. The average molecular weight is 507 g/mol. The lowest BCUT2D eigenvalue weighted by molar-refractivity contribution is -0.132. The summed E-state index contributed by atoms with van der Waals surface area (Å²) in [7, 11) is -4.12. The molecule has 186 valence electrons. The zero-order valence-corrected chi connectivity index (χ0v) is 20.6. The van der Waals surface area contributed by atoms with Crippen LogP contribution in [0.4, 0.5) is 10.1 Å². The second-order valence-corrected chi connectivity index (χ2v) is 9.50. The third-order valence-electron chi connectivity index (χ3n) is 5.44. The summed E-state index contributed by atoms with van der Waals surface area (Å²) in [5.74, 6) is -3.09. The van der Waals surface area contributed by atoms with E-state index in [0.29, 0.717) is 11.3 Å². The van der Waals surface area contributed by atoms with Gasteiger partial charge in [-0.05, 0) is 60.4 Å². The molecule has 0 aliphatic heterocycles. The highest BCUT2D eigenvalue weighted by Crippen LogP contribution is 2.25. The molecule has 1 atom stereocenters. The molecule has 0 radical (unpaired) electrons. The summed E-state index contributed by atoms with van der Waals surface area (Å²) in [6, 6.07) is 21.8. The summed E-state index contributed by atoms with van der Waals surface area (Å²) in [5.41, 5.74) is 2.84. The molecule has 6 nitrogen and oxygen atoms in total. The van der Waals surface area contributed by atoms with Gasteiger partial charge in [-0.15, -0.1) is 6.58 Å². The van der Waals surface area contributed by atoms with Gasteiger partial charge in [0.05, 0.1) is 5.41 Å². The van der Waals surface area contributed by atoms with Gasteiger partial charge in [0.25, 0.3) is 10.0 Å². The zero-order valence-electron chi connectivity index (χ0n) is 19.8. The molecule has 3 rings (SSSR count). The minimum atomic E-state index is -4.12. The van der Waals surface area contributed by atoms with E-state index in [2.05, 4.69) is 6.58 Å². The summed E-state index contributed by atoms with van der Waals surface area (Å²) in [5, 5.41) is 0.890. The van der Waals surface area contributed by atoms with Crippen LogP contribution in [0.2, 0.25) is 0 Å². The van der Waals surface area contributed by atoms with E-state index in [1.165, 1.54) is 29.2 Å². The number of sulfonamides is 1. The number of nitrogens with one attached hydrogen (secondary N) is 1. The van der Waals surface area contributed by atoms with Crippen LogP contribution in [-0.4, -0.2) is 26.8 Å². The monoisotopic (exact) mass is 506 g/mol. The fourth-order valence-electron chi connectivity index (χ4n) is 3.59. The summed E-state index contributed by atoms with van der Waals surface area (Å²) >= 11 is 0. The topological polar surface area (TPSA) is 83.5 Å². The van der Waals surface area contributed by atoms with Gasteiger partial charge in [-0.25, -0.2) is 17.5 Å². The first kappa shape index (κ1) is 26.6. The van der Waals surface area contributed by atoms with Crippen LogP contribution in [0, 0.1) is 11.7 Å². The molecule has 0 aliphatic rings. The molecule has 1 N–H and O–H groups in total. The Morgan fingerprint density at radius 2 is 1.56 bits per heavy atom. The third-order valence-corrected chi connectivity index (χ3v) is 6.42. The Balaban J connectivity index is 1.77. The number of carbonyl (C=O) groups excluding carboxylic acids is 2. The van der Waals surface area contributed by atoms with Crippen LogP contribution in [0.3, 0.4) is 0 Å². The first-order chi connectivity index (χ1) is 17.2. The van der Waals surface area contributed by atoms with Crippen LogP contribution in [0.1, 0.15) is 18.9 Å². The molecule has 0 spiro atoms. The normalized spacial score (nSPS) is 12.2. The first-order valence-corrected chi connectivity index (χ1v) is 12.9. The number of allylic oxidation sites excluding steroid dienone is 1. The largest absolute Gasteiger partial charge is 0.312 e. The Morgan fingerprint density at radius 3 is 2.11 bits per heavy atom. The fraction of sp³-hybridized carbons (Fsp3) is 0.143. The van der Waals surface area contributed by atoms with E-state index in [4.69, 9.17) is 0 Å². The Hall–Kier alpha value is -4.04. The van der Waals surface area contributed by atoms with Crippen molar-refractivity contribution in [2.45, 2.75) is 13.3 Å². The van der Waals surface area contributed by atoms with Crippen molar-refractivity contribution in [2.24, 2.45) is 5.92 Å². The highest BCUT2D eigenvalue weighted by Gasteiger charge is 2.31. The van der Waals surface area contributed by atoms with E-state index in [9.17, 15) is 22.4 Å². The molecule has 0 aliphatic carbocycles. The van der Waals surface area contributed by atoms with Crippen LogP contribution in [-0.2, 0) is 19.6 Å². The van der Waals surface area contributed by atoms with Crippen molar-refractivity contribution >= 4 is 33.6 Å². The van der Waals surface area contributed by atoms with Crippen LogP contribution in [0.25, 0.3) is 17.2 Å². The summed E-state index contributed by atoms with van der Waals surface area (Å²) in [4.78, 5) is 27.6. The van der Waals surface area contributed by atoms with Crippen LogP contribution >= 0.6 is 0 Å². The number of carbonyl (C=O) groups is 2. The lowest BCUT2D eigenvalue weighted by Crippen LogP contribution is -2.45. The van der Waals surface area contributed by atoms with E-state index in [-0.39, 0.29) is 18.8 Å². The lowest BCUT2D eigenvalue weighted by atomic mass is 10.0. The van der Waals surface area contributed by atoms with Crippen molar-refractivity contribution in [1.82, 2.24) is 4.72 Å². The molecule has 3 aromatic rings. The Labute approximate surface area is 210 Å². The van der Waals surface area contributed by atoms with E-state index < -0.39 is 27.8 Å². The SMILES string of the molecule is C=CCC(C(=O)NS(=O)(=O)C=Cc1ccccc1)C(=O)N(CC)c1ccc(-c2ccc(F)cc2)cc1. The molecule has 3 aromatic carbocycles. The van der Waals surface area contributed by atoms with E-state index in [1.54, 1.807) is 73.7 Å². The number of nitrogens with zero attached hydrogens (tertiary/aromatic N) is 1. The smallest absolute Gasteiger partial charge is 0.257 e. The average Bonchev–Trinajstić information content (AvgIpc) is 2.87. The van der Waals surface area contributed by atoms with Gasteiger partial charge in [0, 0.05) is 12.2 Å². The molecule has 36 heavy (non-hydrogen) atoms. The van der Waals surface area contributed by atoms with Gasteiger partial charge in [-0.2, -0.15) is 0 Å². The van der Waals surface area contributed by atoms with Crippen LogP contribution in [0.15, 0.2) is 96.9 Å². The molecule has 8 heteroatoms. The predicted octanol–water partition coefficient (Wildman–Crippen LogP) is 5.15. The van der Waals surface area contributed by atoms with Gasteiger partial charge < -0.3 is 4.90 Å². The Bertz CT molecular complexity index is 1340. The van der Waals surface area contributed by atoms with E-state index in [1.807, 2.05) is 4.72 Å². The second kappa shape index (κ2) is 12.1. The molecule has 0 fully saturated rings. The molecule has 0 saturated carbocycles. The first-order valence-electron chi connectivity index (χ1n) is 11.3. The van der Waals surface area contributed by atoms with Crippen molar-refractivity contribution in [3.05, 3.63) is 108 Å². The van der Waals surface area contributed by atoms with Crippen molar-refractivity contribution < 1.29 is 22.4 Å². The standard InChI is InChI=1S/C28H27FN2O4S/c1-3-8-26(27(32)30-36(34,35)20-19-21-9-6-5-7-10-21)28(33)31(4-2)25-17-13-23(14-18-25)22-11-15-24(29)16-12-22/h3,5-7,9-20,26H,1,4,8H2,2H3,(H,30,32). The van der Waals surface area contributed by atoms with Gasteiger partial charge in [0.1, 0.15) is 11.7 Å². The molecule has 0 saturated heterocycles. The zero-order chi connectivity index (χ0) is 26.1. The second-order valence-electron chi connectivity index (χ2n) is 7.94. The van der Waals surface area contributed by atoms with Gasteiger partial charge in [0.2, 0.25) is 11.8 Å². The highest BCUT2D eigenvalue weighted by molar-refractivity contribution is 7.93. The van der Waals surface area contributed by atoms with Crippen molar-refractivity contribution in [3.8, 4) is 11.1 Å². The predicted molar refractivity (Wildman–Crippen MR) is 141 cm³/mol. The van der Waals surface area contributed by atoms with E-state index in [0.717, 1.165) is 16.5 Å². The molecule has 0 aromatic heterocycles. The fourth-order valence-corrected chi connectivity index (χ4v) is 4.42. The van der Waals surface area contributed by atoms with Crippen LogP contribution in [0.5, 0.6) is 0 Å². The minimum Gasteiger partial charge on any atom is -0.312 e. The van der Waals surface area contributed by atoms with Crippen molar-refractivity contribution in [3.63, 3.8) is 0 Å². The highest BCUT2D eigenvalue weighted by atomic mass is 32.2. The molecular formula is C28H27FN2O4S. The van der Waals surface area contributed by atoms with Crippen molar-refractivity contribution in [1.29, 1.82) is 0 Å². The number of benzene rings is 3. The number of hydrogen-bond donors (Lipinski definition) is 1. The Morgan fingerprint density at radius 1 is 0.972 bits per heavy atom. The minimum absolute atomic E-state index is 0.0350. The molecular weight excluding hydrogens is 479 g/mol. The maximum Gasteiger partial charge on any atom is 0.257 e. The van der Waals surface area contributed by atoms with E-state index >= 15 is 0 Å². The van der Waals surface area contributed by atoms with Gasteiger partial charge in [0.15, 0.2) is 0 Å². The molecule has 0 bridgehead atoms. The summed E-state index contributed by atoms with van der Waals surface area (Å²) < 4.78 is 40.1. The number of rotatable bonds is 10. The lowest BCUT2D eigenvalue weighted by Gasteiger charge is -2.25. The van der Waals surface area contributed by atoms with Crippen molar-refractivity contribution in [2.75, 3.05) is 11.4 Å². The molecule has 2 amide bonds.